The first-order valence-electron chi connectivity index (χ1n) is 8.82. The van der Waals surface area contributed by atoms with Gasteiger partial charge in [0.1, 0.15) is 11.9 Å². The number of rotatable bonds is 7. The van der Waals surface area contributed by atoms with Crippen molar-refractivity contribution in [2.45, 2.75) is 17.4 Å². The van der Waals surface area contributed by atoms with E-state index in [2.05, 4.69) is 10.0 Å². The second kappa shape index (κ2) is 9.57. The molecule has 0 spiro atoms. The number of amides is 1. The standard InChI is InChI=1S/C21H17Cl2FN2O3S/c22-18-11-8-16(13-19(18)23)25-21(27)20(12-14-4-2-1-3-5-14)26-30(28,29)17-9-6-15(24)7-10-17/h1-11,13,20,26H,12H2,(H,25,27). The minimum Gasteiger partial charge on any atom is -0.325 e. The van der Waals surface area contributed by atoms with Crippen LogP contribution in [0.1, 0.15) is 5.56 Å². The average molecular weight is 467 g/mol. The molecule has 0 aliphatic rings. The van der Waals surface area contributed by atoms with E-state index in [4.69, 9.17) is 23.2 Å². The number of hydrogen-bond acceptors (Lipinski definition) is 3. The maximum absolute atomic E-state index is 13.2. The van der Waals surface area contributed by atoms with E-state index in [-0.39, 0.29) is 16.3 Å². The summed E-state index contributed by atoms with van der Waals surface area (Å²) in [5.41, 5.74) is 1.13. The molecule has 3 aromatic rings. The van der Waals surface area contributed by atoms with Crippen LogP contribution < -0.4 is 10.0 Å². The van der Waals surface area contributed by atoms with Crippen molar-refractivity contribution < 1.29 is 17.6 Å². The molecule has 0 aliphatic heterocycles. The molecule has 1 atom stereocenters. The van der Waals surface area contributed by atoms with Gasteiger partial charge in [0.25, 0.3) is 0 Å². The van der Waals surface area contributed by atoms with Gasteiger partial charge in [-0.05, 0) is 54.4 Å². The number of benzene rings is 3. The first-order chi connectivity index (χ1) is 14.2. The van der Waals surface area contributed by atoms with Crippen LogP contribution >= 0.6 is 23.2 Å². The molecular formula is C21H17Cl2FN2O3S. The number of carbonyl (C=O) groups is 1. The summed E-state index contributed by atoms with van der Waals surface area (Å²) < 4.78 is 41.1. The van der Waals surface area contributed by atoms with Crippen molar-refractivity contribution >= 4 is 44.8 Å². The van der Waals surface area contributed by atoms with E-state index in [1.54, 1.807) is 30.3 Å². The third-order valence-corrected chi connectivity index (χ3v) is 6.43. The molecule has 0 aromatic heterocycles. The Bertz CT molecular complexity index is 1140. The van der Waals surface area contributed by atoms with Gasteiger partial charge in [0, 0.05) is 5.69 Å². The molecule has 9 heteroatoms. The molecule has 0 bridgehead atoms. The Hall–Kier alpha value is -2.45. The van der Waals surface area contributed by atoms with Crippen molar-refractivity contribution in [1.29, 1.82) is 0 Å². The third kappa shape index (κ3) is 5.79. The number of hydrogen-bond donors (Lipinski definition) is 2. The lowest BCUT2D eigenvalue weighted by Crippen LogP contribution is -2.45. The zero-order chi connectivity index (χ0) is 21.7. The molecule has 30 heavy (non-hydrogen) atoms. The van der Waals surface area contributed by atoms with E-state index in [1.807, 2.05) is 6.07 Å². The fraction of sp³-hybridized carbons (Fsp3) is 0.0952. The molecule has 3 rings (SSSR count). The maximum Gasteiger partial charge on any atom is 0.242 e. The molecule has 0 heterocycles. The van der Waals surface area contributed by atoms with Gasteiger partial charge in [-0.25, -0.2) is 12.8 Å². The highest BCUT2D eigenvalue weighted by Crippen LogP contribution is 2.25. The molecule has 1 unspecified atom stereocenters. The average Bonchev–Trinajstić information content (AvgIpc) is 2.71. The van der Waals surface area contributed by atoms with Gasteiger partial charge in [0.2, 0.25) is 15.9 Å². The van der Waals surface area contributed by atoms with Crippen LogP contribution in [0.15, 0.2) is 77.7 Å². The van der Waals surface area contributed by atoms with Gasteiger partial charge in [0.05, 0.1) is 14.9 Å². The Kier molecular flexibility index (Phi) is 7.10. The van der Waals surface area contributed by atoms with Crippen LogP contribution in [-0.4, -0.2) is 20.4 Å². The molecule has 0 radical (unpaired) electrons. The Morgan fingerprint density at radius 2 is 1.60 bits per heavy atom. The Labute approximate surface area is 183 Å². The summed E-state index contributed by atoms with van der Waals surface area (Å²) >= 11 is 11.9. The first kappa shape index (κ1) is 22.2. The van der Waals surface area contributed by atoms with Gasteiger partial charge in [-0.2, -0.15) is 4.72 Å². The van der Waals surface area contributed by atoms with Crippen LogP contribution in [0, 0.1) is 5.82 Å². The second-order valence-corrected chi connectivity index (χ2v) is 8.96. The van der Waals surface area contributed by atoms with E-state index in [1.165, 1.54) is 12.1 Å². The lowest BCUT2D eigenvalue weighted by molar-refractivity contribution is -0.117. The number of sulfonamides is 1. The molecule has 2 N–H and O–H groups in total. The smallest absolute Gasteiger partial charge is 0.242 e. The molecular weight excluding hydrogens is 450 g/mol. The van der Waals surface area contributed by atoms with Crippen molar-refractivity contribution in [3.8, 4) is 0 Å². The van der Waals surface area contributed by atoms with E-state index in [0.717, 1.165) is 29.8 Å². The van der Waals surface area contributed by atoms with Gasteiger partial charge in [-0.15, -0.1) is 0 Å². The summed E-state index contributed by atoms with van der Waals surface area (Å²) in [7, 11) is -4.07. The third-order valence-electron chi connectivity index (χ3n) is 4.21. The highest BCUT2D eigenvalue weighted by Gasteiger charge is 2.26. The Balaban J connectivity index is 1.86. The number of anilines is 1. The van der Waals surface area contributed by atoms with Gasteiger partial charge < -0.3 is 5.32 Å². The van der Waals surface area contributed by atoms with Crippen LogP contribution in [0.25, 0.3) is 0 Å². The Morgan fingerprint density at radius 1 is 0.933 bits per heavy atom. The van der Waals surface area contributed by atoms with Crippen LogP contribution in [0.5, 0.6) is 0 Å². The summed E-state index contributed by atoms with van der Waals surface area (Å²) in [5, 5.41) is 3.22. The van der Waals surface area contributed by atoms with E-state index < -0.39 is 27.8 Å². The largest absolute Gasteiger partial charge is 0.325 e. The zero-order valence-corrected chi connectivity index (χ0v) is 17.8. The second-order valence-electron chi connectivity index (χ2n) is 6.44. The maximum atomic E-state index is 13.2. The highest BCUT2D eigenvalue weighted by molar-refractivity contribution is 7.89. The minimum atomic E-state index is -4.07. The number of nitrogens with one attached hydrogen (secondary N) is 2. The van der Waals surface area contributed by atoms with Crippen LogP contribution in [-0.2, 0) is 21.2 Å². The summed E-state index contributed by atoms with van der Waals surface area (Å²) in [6, 6.07) is 16.7. The van der Waals surface area contributed by atoms with Crippen molar-refractivity contribution in [2.24, 2.45) is 0 Å². The topological polar surface area (TPSA) is 75.3 Å². The van der Waals surface area contributed by atoms with Gasteiger partial charge in [-0.1, -0.05) is 53.5 Å². The Morgan fingerprint density at radius 3 is 2.23 bits per heavy atom. The minimum absolute atomic E-state index is 0.106. The molecule has 0 saturated carbocycles. The lowest BCUT2D eigenvalue weighted by atomic mass is 10.1. The van der Waals surface area contributed by atoms with Gasteiger partial charge >= 0.3 is 0 Å². The first-order valence-corrected chi connectivity index (χ1v) is 11.1. The van der Waals surface area contributed by atoms with Gasteiger partial charge in [-0.3, -0.25) is 4.79 Å². The van der Waals surface area contributed by atoms with Crippen molar-refractivity contribution in [3.05, 3.63) is 94.2 Å². The van der Waals surface area contributed by atoms with Crippen molar-refractivity contribution in [2.75, 3.05) is 5.32 Å². The zero-order valence-electron chi connectivity index (χ0n) is 15.5. The molecule has 156 valence electrons. The summed E-state index contributed by atoms with van der Waals surface area (Å²) in [5.74, 6) is -1.14. The van der Waals surface area contributed by atoms with Crippen LogP contribution in [0.2, 0.25) is 10.0 Å². The van der Waals surface area contributed by atoms with E-state index >= 15 is 0 Å². The summed E-state index contributed by atoms with van der Waals surface area (Å²) in [4.78, 5) is 12.8. The van der Waals surface area contributed by atoms with E-state index in [0.29, 0.717) is 10.7 Å². The number of carbonyl (C=O) groups excluding carboxylic acids is 1. The van der Waals surface area contributed by atoms with Crippen LogP contribution in [0.4, 0.5) is 10.1 Å². The molecule has 5 nitrogen and oxygen atoms in total. The normalized spacial score (nSPS) is 12.4. The summed E-state index contributed by atoms with van der Waals surface area (Å²) in [6.45, 7) is 0. The molecule has 1 amide bonds. The summed E-state index contributed by atoms with van der Waals surface area (Å²) in [6.07, 6.45) is 0.106. The molecule has 0 saturated heterocycles. The van der Waals surface area contributed by atoms with Crippen molar-refractivity contribution in [1.82, 2.24) is 4.72 Å². The predicted molar refractivity (Wildman–Crippen MR) is 116 cm³/mol. The highest BCUT2D eigenvalue weighted by atomic mass is 35.5. The quantitative estimate of drug-likeness (QED) is 0.531. The lowest BCUT2D eigenvalue weighted by Gasteiger charge is -2.19. The SMILES string of the molecule is O=C(Nc1ccc(Cl)c(Cl)c1)C(Cc1ccccc1)NS(=O)(=O)c1ccc(F)cc1. The molecule has 0 fully saturated rings. The monoisotopic (exact) mass is 466 g/mol. The fourth-order valence-electron chi connectivity index (χ4n) is 2.71. The van der Waals surface area contributed by atoms with Gasteiger partial charge in [0.15, 0.2) is 0 Å². The predicted octanol–water partition coefficient (Wildman–Crippen LogP) is 4.66. The number of halogens is 3. The van der Waals surface area contributed by atoms with E-state index in [9.17, 15) is 17.6 Å². The molecule has 3 aromatic carbocycles. The fourth-order valence-corrected chi connectivity index (χ4v) is 4.20. The molecule has 0 aliphatic carbocycles. The van der Waals surface area contributed by atoms with Crippen LogP contribution in [0.3, 0.4) is 0 Å². The van der Waals surface area contributed by atoms with Crippen molar-refractivity contribution in [3.63, 3.8) is 0 Å².